The highest BCUT2D eigenvalue weighted by Crippen LogP contribution is 2.42. The fourth-order valence-corrected chi connectivity index (χ4v) is 6.31. The Morgan fingerprint density at radius 2 is 1.68 bits per heavy atom. The average Bonchev–Trinajstić information content (AvgIpc) is 2.84. The standard InChI is InChI=1S/C26H35N3O4S/c1-4-26(5-2)18-23(22-8-6-7-9-24(22)33-26)27-25(30)21-12-10-20(11-13-21)19-34(31,32)29-16-14-28(3)15-17-29/h6-13,23H,4-5,14-19H2,1-3H3,(H,27,30)/t23-/m0/s1. The number of fused-ring (bicyclic) bond motifs is 1. The molecule has 0 unspecified atom stereocenters. The molecule has 2 heterocycles. The van der Waals surface area contributed by atoms with Gasteiger partial charge < -0.3 is 15.0 Å². The van der Waals surface area contributed by atoms with Crippen molar-refractivity contribution in [1.82, 2.24) is 14.5 Å². The number of sulfonamides is 1. The van der Waals surface area contributed by atoms with Crippen LogP contribution in [0.3, 0.4) is 0 Å². The van der Waals surface area contributed by atoms with E-state index < -0.39 is 10.0 Å². The second-order valence-electron chi connectivity index (χ2n) is 9.42. The molecule has 1 N–H and O–H groups in total. The van der Waals surface area contributed by atoms with Crippen molar-refractivity contribution in [2.75, 3.05) is 33.2 Å². The minimum atomic E-state index is -3.38. The van der Waals surface area contributed by atoms with Crippen LogP contribution in [-0.4, -0.2) is 62.4 Å². The predicted octanol–water partition coefficient (Wildman–Crippen LogP) is 3.58. The van der Waals surface area contributed by atoms with E-state index in [0.29, 0.717) is 30.6 Å². The lowest BCUT2D eigenvalue weighted by molar-refractivity contribution is 0.0227. The van der Waals surface area contributed by atoms with E-state index in [9.17, 15) is 13.2 Å². The molecule has 184 valence electrons. The van der Waals surface area contributed by atoms with Gasteiger partial charge in [-0.15, -0.1) is 0 Å². The zero-order valence-electron chi connectivity index (χ0n) is 20.3. The first-order valence-electron chi connectivity index (χ1n) is 12.1. The number of benzene rings is 2. The maximum atomic E-state index is 13.1. The Bertz CT molecular complexity index is 1110. The van der Waals surface area contributed by atoms with E-state index in [1.807, 2.05) is 31.3 Å². The SMILES string of the molecule is CCC1(CC)C[C@H](NC(=O)c2ccc(CS(=O)(=O)N3CCN(C)CC3)cc2)c2ccccc2O1. The summed E-state index contributed by atoms with van der Waals surface area (Å²) in [7, 11) is -1.38. The molecule has 0 radical (unpaired) electrons. The molecule has 8 heteroatoms. The molecule has 2 aromatic rings. The van der Waals surface area contributed by atoms with Crippen LogP contribution in [0.25, 0.3) is 0 Å². The minimum Gasteiger partial charge on any atom is -0.487 e. The zero-order valence-corrected chi connectivity index (χ0v) is 21.1. The summed E-state index contributed by atoms with van der Waals surface area (Å²) in [6, 6.07) is 14.6. The first-order chi connectivity index (χ1) is 16.2. The van der Waals surface area contributed by atoms with Gasteiger partial charge in [-0.2, -0.15) is 4.31 Å². The van der Waals surface area contributed by atoms with Crippen LogP contribution in [0, 0.1) is 0 Å². The third kappa shape index (κ3) is 5.29. The topological polar surface area (TPSA) is 79.0 Å². The summed E-state index contributed by atoms with van der Waals surface area (Å²) < 4.78 is 33.5. The average molecular weight is 486 g/mol. The molecular weight excluding hydrogens is 450 g/mol. The highest BCUT2D eigenvalue weighted by atomic mass is 32.2. The summed E-state index contributed by atoms with van der Waals surface area (Å²) >= 11 is 0. The number of ether oxygens (including phenoxy) is 1. The molecule has 2 aromatic carbocycles. The molecule has 0 saturated carbocycles. The smallest absolute Gasteiger partial charge is 0.251 e. The molecule has 0 aromatic heterocycles. The van der Waals surface area contributed by atoms with Gasteiger partial charge in [0, 0.05) is 43.7 Å². The second-order valence-corrected chi connectivity index (χ2v) is 11.4. The minimum absolute atomic E-state index is 0.0541. The van der Waals surface area contributed by atoms with Gasteiger partial charge in [0.25, 0.3) is 5.91 Å². The number of hydrogen-bond donors (Lipinski definition) is 1. The molecule has 1 atom stereocenters. The number of piperazine rings is 1. The highest BCUT2D eigenvalue weighted by molar-refractivity contribution is 7.88. The van der Waals surface area contributed by atoms with Gasteiger partial charge in [-0.3, -0.25) is 4.79 Å². The number of amides is 1. The summed E-state index contributed by atoms with van der Waals surface area (Å²) in [5.41, 5.74) is 1.89. The zero-order chi connectivity index (χ0) is 24.3. The van der Waals surface area contributed by atoms with Gasteiger partial charge >= 0.3 is 0 Å². The largest absolute Gasteiger partial charge is 0.487 e. The van der Waals surface area contributed by atoms with Crippen molar-refractivity contribution in [3.8, 4) is 5.75 Å². The van der Waals surface area contributed by atoms with Crippen LogP contribution in [0.5, 0.6) is 5.75 Å². The second kappa shape index (κ2) is 10.1. The Morgan fingerprint density at radius 3 is 2.32 bits per heavy atom. The molecule has 2 aliphatic heterocycles. The first-order valence-corrected chi connectivity index (χ1v) is 13.7. The van der Waals surface area contributed by atoms with Crippen LogP contribution in [-0.2, 0) is 15.8 Å². The van der Waals surface area contributed by atoms with Gasteiger partial charge in [-0.25, -0.2) is 8.42 Å². The number of para-hydroxylation sites is 1. The van der Waals surface area contributed by atoms with Crippen LogP contribution in [0.15, 0.2) is 48.5 Å². The molecule has 1 saturated heterocycles. The maximum absolute atomic E-state index is 13.1. The molecule has 1 amide bonds. The number of likely N-dealkylation sites (N-methyl/N-ethyl adjacent to an activating group) is 1. The lowest BCUT2D eigenvalue weighted by Gasteiger charge is -2.41. The van der Waals surface area contributed by atoms with E-state index in [4.69, 9.17) is 4.74 Å². The van der Waals surface area contributed by atoms with Crippen molar-refractivity contribution in [2.24, 2.45) is 0 Å². The maximum Gasteiger partial charge on any atom is 0.251 e. The van der Waals surface area contributed by atoms with Crippen molar-refractivity contribution in [2.45, 2.75) is 50.5 Å². The number of rotatable bonds is 7. The van der Waals surface area contributed by atoms with Crippen LogP contribution < -0.4 is 10.1 Å². The third-order valence-electron chi connectivity index (χ3n) is 7.21. The van der Waals surface area contributed by atoms with Gasteiger partial charge in [0.1, 0.15) is 11.4 Å². The fraction of sp³-hybridized carbons (Fsp3) is 0.500. The quantitative estimate of drug-likeness (QED) is 0.649. The molecule has 2 aliphatic rings. The van der Waals surface area contributed by atoms with Crippen LogP contribution >= 0.6 is 0 Å². The van der Waals surface area contributed by atoms with Crippen LogP contribution in [0.2, 0.25) is 0 Å². The number of nitrogens with zero attached hydrogens (tertiary/aromatic N) is 2. The van der Waals surface area contributed by atoms with E-state index in [1.54, 1.807) is 28.6 Å². The van der Waals surface area contributed by atoms with Gasteiger partial charge in [0.15, 0.2) is 0 Å². The summed E-state index contributed by atoms with van der Waals surface area (Å²) in [4.78, 5) is 15.2. The van der Waals surface area contributed by atoms with Crippen molar-refractivity contribution in [3.05, 3.63) is 65.2 Å². The Balaban J connectivity index is 1.45. The van der Waals surface area contributed by atoms with Gasteiger partial charge in [-0.1, -0.05) is 44.2 Å². The third-order valence-corrected chi connectivity index (χ3v) is 9.06. The molecule has 0 bridgehead atoms. The van der Waals surface area contributed by atoms with Crippen LogP contribution in [0.4, 0.5) is 0 Å². The van der Waals surface area contributed by atoms with Crippen molar-refractivity contribution in [3.63, 3.8) is 0 Å². The van der Waals surface area contributed by atoms with Crippen molar-refractivity contribution >= 4 is 15.9 Å². The Morgan fingerprint density at radius 1 is 1.03 bits per heavy atom. The molecular formula is C26H35N3O4S. The van der Waals surface area contributed by atoms with Gasteiger partial charge in [-0.05, 0) is 43.7 Å². The summed E-state index contributed by atoms with van der Waals surface area (Å²) in [6.45, 7) is 6.75. The van der Waals surface area contributed by atoms with Crippen molar-refractivity contribution in [1.29, 1.82) is 0 Å². The van der Waals surface area contributed by atoms with Gasteiger partial charge in [0.2, 0.25) is 10.0 Å². The fourth-order valence-electron chi connectivity index (χ4n) is 4.79. The normalized spacial score (nSPS) is 20.9. The Labute approximate surface area is 203 Å². The molecule has 7 nitrogen and oxygen atoms in total. The summed E-state index contributed by atoms with van der Waals surface area (Å²) in [6.07, 6.45) is 2.44. The first kappa shape index (κ1) is 24.7. The number of nitrogens with one attached hydrogen (secondary N) is 1. The lowest BCUT2D eigenvalue weighted by atomic mass is 9.83. The van der Waals surface area contributed by atoms with Gasteiger partial charge in [0.05, 0.1) is 11.8 Å². The van der Waals surface area contributed by atoms with E-state index in [-0.39, 0.29) is 23.3 Å². The van der Waals surface area contributed by atoms with Crippen molar-refractivity contribution < 1.29 is 17.9 Å². The summed E-state index contributed by atoms with van der Waals surface area (Å²) in [5.74, 6) is 0.602. The van der Waals surface area contributed by atoms with E-state index >= 15 is 0 Å². The number of carbonyl (C=O) groups excluding carboxylic acids is 1. The van der Waals surface area contributed by atoms with E-state index in [0.717, 1.165) is 37.2 Å². The molecule has 34 heavy (non-hydrogen) atoms. The highest BCUT2D eigenvalue weighted by Gasteiger charge is 2.39. The Hall–Kier alpha value is -2.42. The molecule has 0 aliphatic carbocycles. The molecule has 0 spiro atoms. The number of carbonyl (C=O) groups is 1. The molecule has 4 rings (SSSR count). The summed E-state index contributed by atoms with van der Waals surface area (Å²) in [5, 5.41) is 3.19. The molecule has 1 fully saturated rings. The number of hydrogen-bond acceptors (Lipinski definition) is 5. The van der Waals surface area contributed by atoms with E-state index in [1.165, 1.54) is 0 Å². The van der Waals surface area contributed by atoms with Crippen LogP contribution in [0.1, 0.15) is 60.6 Å². The predicted molar refractivity (Wildman–Crippen MR) is 133 cm³/mol. The monoisotopic (exact) mass is 485 g/mol. The lowest BCUT2D eigenvalue weighted by Crippen LogP contribution is -2.47. The Kier molecular flexibility index (Phi) is 7.31. The van der Waals surface area contributed by atoms with E-state index in [2.05, 4.69) is 24.1 Å².